The average molecular weight is 241 g/mol. The van der Waals surface area contributed by atoms with Crippen LogP contribution in [0.4, 0.5) is 0 Å². The smallest absolute Gasteiger partial charge is 0.0613 e. The predicted molar refractivity (Wildman–Crippen MR) is 74.2 cm³/mol. The van der Waals surface area contributed by atoms with Crippen LogP contribution in [0, 0.1) is 5.92 Å². The lowest BCUT2D eigenvalue weighted by Gasteiger charge is -2.35. The highest BCUT2D eigenvalue weighted by Gasteiger charge is 2.32. The molecule has 0 bridgehead atoms. The van der Waals surface area contributed by atoms with Gasteiger partial charge in [0.15, 0.2) is 0 Å². The first-order valence-electron chi connectivity index (χ1n) is 7.54. The van der Waals surface area contributed by atoms with Crippen molar-refractivity contribution < 1.29 is 5.11 Å². The lowest BCUT2D eigenvalue weighted by atomic mass is 9.88. The molecular weight excluding hydrogens is 210 g/mol. The van der Waals surface area contributed by atoms with Crippen LogP contribution in [0.3, 0.4) is 0 Å². The number of hydrogen-bond acceptors (Lipinski definition) is 2. The number of aliphatic hydroxyl groups is 1. The van der Waals surface area contributed by atoms with E-state index < -0.39 is 0 Å². The third-order valence-electron chi connectivity index (χ3n) is 4.46. The molecule has 2 N–H and O–H groups in total. The van der Waals surface area contributed by atoms with E-state index >= 15 is 0 Å². The van der Waals surface area contributed by atoms with Crippen LogP contribution < -0.4 is 5.32 Å². The van der Waals surface area contributed by atoms with Gasteiger partial charge in [0, 0.05) is 11.6 Å². The first-order chi connectivity index (χ1) is 8.15. The Bertz CT molecular complexity index is 207. The van der Waals surface area contributed by atoms with E-state index in [1.54, 1.807) is 0 Å². The molecule has 1 rings (SSSR count). The fourth-order valence-corrected chi connectivity index (χ4v) is 3.15. The number of aliphatic hydroxyl groups excluding tert-OH is 1. The van der Waals surface area contributed by atoms with Crippen molar-refractivity contribution in [3.8, 4) is 0 Å². The Morgan fingerprint density at radius 1 is 1.29 bits per heavy atom. The highest BCUT2D eigenvalue weighted by Crippen LogP contribution is 2.32. The normalized spacial score (nSPS) is 32.1. The van der Waals surface area contributed by atoms with Crippen LogP contribution in [0.2, 0.25) is 0 Å². The van der Waals surface area contributed by atoms with Gasteiger partial charge in [0.1, 0.15) is 0 Å². The standard InChI is InChI=1S/C15H31NO/c1-4-7-14-8-6-10-15(12-17,11-9-14)16-13(3)5-2/h13-14,16-17H,4-12H2,1-3H3. The topological polar surface area (TPSA) is 32.3 Å². The third kappa shape index (κ3) is 4.59. The molecule has 0 heterocycles. The largest absolute Gasteiger partial charge is 0.394 e. The first-order valence-corrected chi connectivity index (χ1v) is 7.54. The summed E-state index contributed by atoms with van der Waals surface area (Å²) in [5, 5.41) is 13.4. The minimum absolute atomic E-state index is 0.0118. The van der Waals surface area contributed by atoms with E-state index in [0.717, 1.165) is 25.2 Å². The van der Waals surface area contributed by atoms with Gasteiger partial charge in [0.2, 0.25) is 0 Å². The maximum absolute atomic E-state index is 9.76. The lowest BCUT2D eigenvalue weighted by Crippen LogP contribution is -2.51. The predicted octanol–water partition coefficient (Wildman–Crippen LogP) is 3.49. The molecule has 2 nitrogen and oxygen atoms in total. The summed E-state index contributed by atoms with van der Waals surface area (Å²) >= 11 is 0. The van der Waals surface area contributed by atoms with Crippen molar-refractivity contribution in [3.05, 3.63) is 0 Å². The average Bonchev–Trinajstić information content (AvgIpc) is 2.53. The molecule has 0 spiro atoms. The second kappa shape index (κ2) is 7.38. The van der Waals surface area contributed by atoms with E-state index in [1.165, 1.54) is 32.1 Å². The third-order valence-corrected chi connectivity index (χ3v) is 4.46. The summed E-state index contributed by atoms with van der Waals surface area (Å²) in [4.78, 5) is 0. The van der Waals surface area contributed by atoms with Crippen LogP contribution in [0.25, 0.3) is 0 Å². The van der Waals surface area contributed by atoms with Crippen LogP contribution in [-0.2, 0) is 0 Å². The minimum Gasteiger partial charge on any atom is -0.394 e. The van der Waals surface area contributed by atoms with Crippen molar-refractivity contribution in [1.29, 1.82) is 0 Å². The number of hydrogen-bond donors (Lipinski definition) is 2. The van der Waals surface area contributed by atoms with Gasteiger partial charge in [-0.05, 0) is 38.5 Å². The summed E-state index contributed by atoms with van der Waals surface area (Å²) in [7, 11) is 0. The van der Waals surface area contributed by atoms with Gasteiger partial charge in [0.05, 0.1) is 6.61 Å². The van der Waals surface area contributed by atoms with E-state index in [1.807, 2.05) is 0 Å². The molecule has 0 saturated heterocycles. The highest BCUT2D eigenvalue weighted by atomic mass is 16.3. The molecule has 0 aromatic rings. The first kappa shape index (κ1) is 15.0. The zero-order valence-corrected chi connectivity index (χ0v) is 12.0. The molecular formula is C15H31NO. The number of rotatable bonds is 6. The highest BCUT2D eigenvalue weighted by molar-refractivity contribution is 4.92. The van der Waals surface area contributed by atoms with Gasteiger partial charge >= 0.3 is 0 Å². The summed E-state index contributed by atoms with van der Waals surface area (Å²) in [6.45, 7) is 7.02. The maximum Gasteiger partial charge on any atom is 0.0613 e. The monoisotopic (exact) mass is 241 g/mol. The Hall–Kier alpha value is -0.0800. The molecule has 1 fully saturated rings. The molecule has 102 valence electrons. The summed E-state index contributed by atoms with van der Waals surface area (Å²) in [5.74, 6) is 0.896. The quantitative estimate of drug-likeness (QED) is 0.698. The van der Waals surface area contributed by atoms with Gasteiger partial charge in [-0.2, -0.15) is 0 Å². The molecule has 1 aliphatic rings. The molecule has 3 atom stereocenters. The summed E-state index contributed by atoms with van der Waals surface area (Å²) < 4.78 is 0. The molecule has 3 unspecified atom stereocenters. The Morgan fingerprint density at radius 3 is 2.65 bits per heavy atom. The van der Waals surface area contributed by atoms with Crippen molar-refractivity contribution in [1.82, 2.24) is 5.32 Å². The molecule has 0 aliphatic heterocycles. The zero-order chi connectivity index (χ0) is 12.7. The number of nitrogens with one attached hydrogen (secondary N) is 1. The Labute approximate surface area is 107 Å². The fourth-order valence-electron chi connectivity index (χ4n) is 3.15. The van der Waals surface area contributed by atoms with Crippen LogP contribution in [0.1, 0.15) is 72.1 Å². The molecule has 0 aromatic heterocycles. The van der Waals surface area contributed by atoms with Gasteiger partial charge in [-0.25, -0.2) is 0 Å². The van der Waals surface area contributed by atoms with E-state index in [-0.39, 0.29) is 5.54 Å². The fraction of sp³-hybridized carbons (Fsp3) is 1.00. The SMILES string of the molecule is CCCC1CCCC(CO)(NC(C)CC)CC1. The van der Waals surface area contributed by atoms with Gasteiger partial charge < -0.3 is 10.4 Å². The molecule has 2 heteroatoms. The molecule has 1 saturated carbocycles. The Balaban J connectivity index is 2.54. The maximum atomic E-state index is 9.76. The Kier molecular flexibility index (Phi) is 6.50. The summed E-state index contributed by atoms with van der Waals surface area (Å²) in [6, 6.07) is 0.518. The van der Waals surface area contributed by atoms with Crippen molar-refractivity contribution in [3.63, 3.8) is 0 Å². The molecule has 17 heavy (non-hydrogen) atoms. The van der Waals surface area contributed by atoms with Crippen LogP contribution in [0.5, 0.6) is 0 Å². The molecule has 0 amide bonds. The summed E-state index contributed by atoms with van der Waals surface area (Å²) in [6.07, 6.45) is 10.0. The minimum atomic E-state index is 0.0118. The second-order valence-electron chi connectivity index (χ2n) is 5.98. The Morgan fingerprint density at radius 2 is 2.06 bits per heavy atom. The van der Waals surface area contributed by atoms with E-state index in [2.05, 4.69) is 26.1 Å². The zero-order valence-electron chi connectivity index (χ0n) is 12.0. The summed E-state index contributed by atoms with van der Waals surface area (Å²) in [5.41, 5.74) is 0.0118. The van der Waals surface area contributed by atoms with E-state index in [9.17, 15) is 5.11 Å². The van der Waals surface area contributed by atoms with Crippen molar-refractivity contribution in [2.75, 3.05) is 6.61 Å². The molecule has 0 radical (unpaired) electrons. The van der Waals surface area contributed by atoms with Gasteiger partial charge in [-0.3, -0.25) is 0 Å². The van der Waals surface area contributed by atoms with E-state index in [4.69, 9.17) is 0 Å². The molecule has 1 aliphatic carbocycles. The lowest BCUT2D eigenvalue weighted by molar-refractivity contribution is 0.130. The van der Waals surface area contributed by atoms with Gasteiger partial charge in [-0.1, -0.05) is 39.5 Å². The second-order valence-corrected chi connectivity index (χ2v) is 5.98. The van der Waals surface area contributed by atoms with Crippen molar-refractivity contribution >= 4 is 0 Å². The van der Waals surface area contributed by atoms with Crippen molar-refractivity contribution in [2.45, 2.75) is 83.7 Å². The van der Waals surface area contributed by atoms with Gasteiger partial charge in [-0.15, -0.1) is 0 Å². The van der Waals surface area contributed by atoms with Crippen LogP contribution in [0.15, 0.2) is 0 Å². The van der Waals surface area contributed by atoms with Gasteiger partial charge in [0.25, 0.3) is 0 Å². The van der Waals surface area contributed by atoms with Crippen LogP contribution >= 0.6 is 0 Å². The van der Waals surface area contributed by atoms with Crippen molar-refractivity contribution in [2.24, 2.45) is 5.92 Å². The molecule has 0 aromatic carbocycles. The van der Waals surface area contributed by atoms with E-state index in [0.29, 0.717) is 12.6 Å². The van der Waals surface area contributed by atoms with Crippen LogP contribution in [-0.4, -0.2) is 23.3 Å².